The number of nitrogens with one attached hydrogen (secondary N) is 2. The minimum Gasteiger partial charge on any atom is -0.481 e. The number of urea groups is 1. The summed E-state index contributed by atoms with van der Waals surface area (Å²) in [5, 5.41) is 14.1. The van der Waals surface area contributed by atoms with E-state index in [0.717, 1.165) is 0 Å². The highest BCUT2D eigenvalue weighted by Crippen LogP contribution is 2.45. The molecule has 7 nitrogen and oxygen atoms in total. The van der Waals surface area contributed by atoms with Crippen LogP contribution in [0, 0.1) is 11.3 Å². The van der Waals surface area contributed by atoms with Gasteiger partial charge in [-0.15, -0.1) is 0 Å². The summed E-state index contributed by atoms with van der Waals surface area (Å²) in [5.41, 5.74) is -0.784. The predicted octanol–water partition coefficient (Wildman–Crippen LogP) is -0.415. The lowest BCUT2D eigenvalue weighted by molar-refractivity contribution is -0.143. The molecule has 108 valence electrons. The lowest BCUT2D eigenvalue weighted by Crippen LogP contribution is -2.42. The first-order valence-corrected chi connectivity index (χ1v) is 8.11. The fraction of sp³-hybridized carbons (Fsp3) is 0.818. The summed E-state index contributed by atoms with van der Waals surface area (Å²) in [5.74, 6) is -0.616. The zero-order valence-corrected chi connectivity index (χ0v) is 11.3. The third kappa shape index (κ3) is 3.59. The maximum absolute atomic E-state index is 11.5. The van der Waals surface area contributed by atoms with E-state index in [2.05, 4.69) is 10.6 Å². The standard InChI is InChI=1S/C11H18N2O5S/c14-9(15)11(2-3-11)7-13-10(16)12-5-8-1-4-19(17,18)6-8/h8H,1-7H2,(H,14,15)(H2,12,13,16). The number of carbonyl (C=O) groups excluding carboxylic acids is 1. The summed E-state index contributed by atoms with van der Waals surface area (Å²) in [6.07, 6.45) is 1.74. The molecular formula is C11H18N2O5S. The number of aliphatic carboxylic acids is 1. The van der Waals surface area contributed by atoms with Gasteiger partial charge in [0.05, 0.1) is 16.9 Å². The van der Waals surface area contributed by atoms with Gasteiger partial charge < -0.3 is 15.7 Å². The Morgan fingerprint density at radius 2 is 1.95 bits per heavy atom. The quantitative estimate of drug-likeness (QED) is 0.637. The van der Waals surface area contributed by atoms with Crippen LogP contribution in [-0.4, -0.2) is 50.1 Å². The van der Waals surface area contributed by atoms with Gasteiger partial charge in [-0.1, -0.05) is 0 Å². The number of hydrogen-bond acceptors (Lipinski definition) is 4. The highest BCUT2D eigenvalue weighted by atomic mass is 32.2. The van der Waals surface area contributed by atoms with Crippen molar-refractivity contribution in [1.82, 2.24) is 10.6 Å². The summed E-state index contributed by atoms with van der Waals surface area (Å²) >= 11 is 0. The van der Waals surface area contributed by atoms with Crippen molar-refractivity contribution < 1.29 is 23.1 Å². The van der Waals surface area contributed by atoms with E-state index >= 15 is 0 Å². The molecule has 1 saturated heterocycles. The first-order valence-electron chi connectivity index (χ1n) is 6.29. The molecule has 0 aromatic rings. The Kier molecular flexibility index (Phi) is 3.71. The van der Waals surface area contributed by atoms with Crippen molar-refractivity contribution in [1.29, 1.82) is 0 Å². The molecule has 8 heteroatoms. The van der Waals surface area contributed by atoms with Crippen LogP contribution in [0.2, 0.25) is 0 Å². The average molecular weight is 290 g/mol. The molecule has 0 radical (unpaired) electrons. The van der Waals surface area contributed by atoms with E-state index in [1.807, 2.05) is 0 Å². The smallest absolute Gasteiger partial charge is 0.314 e. The maximum atomic E-state index is 11.5. The molecule has 2 fully saturated rings. The van der Waals surface area contributed by atoms with E-state index in [1.54, 1.807) is 0 Å². The molecule has 1 unspecified atom stereocenters. The highest BCUT2D eigenvalue weighted by Gasteiger charge is 2.50. The minimum absolute atomic E-state index is 0.0369. The lowest BCUT2D eigenvalue weighted by atomic mass is 10.1. The number of amides is 2. The summed E-state index contributed by atoms with van der Waals surface area (Å²) in [6, 6.07) is -0.433. The van der Waals surface area contributed by atoms with Gasteiger partial charge >= 0.3 is 12.0 Å². The van der Waals surface area contributed by atoms with Crippen LogP contribution in [-0.2, 0) is 14.6 Å². The van der Waals surface area contributed by atoms with Gasteiger partial charge in [-0.3, -0.25) is 4.79 Å². The molecule has 0 bridgehead atoms. The van der Waals surface area contributed by atoms with E-state index in [9.17, 15) is 18.0 Å². The van der Waals surface area contributed by atoms with Gasteiger partial charge in [0.25, 0.3) is 0 Å². The topological polar surface area (TPSA) is 113 Å². The van der Waals surface area contributed by atoms with E-state index < -0.39 is 27.3 Å². The van der Waals surface area contributed by atoms with Crippen molar-refractivity contribution in [3.63, 3.8) is 0 Å². The number of carboxylic acid groups (broad SMARTS) is 1. The molecular weight excluding hydrogens is 272 g/mol. The molecule has 1 aliphatic carbocycles. The molecule has 2 amide bonds. The number of rotatable bonds is 5. The fourth-order valence-electron chi connectivity index (χ4n) is 2.20. The first-order chi connectivity index (χ1) is 8.83. The summed E-state index contributed by atoms with van der Waals surface area (Å²) in [4.78, 5) is 22.4. The molecule has 1 heterocycles. The molecule has 0 aromatic carbocycles. The molecule has 0 spiro atoms. The van der Waals surface area contributed by atoms with Crippen LogP contribution in [0.5, 0.6) is 0 Å². The molecule has 19 heavy (non-hydrogen) atoms. The second kappa shape index (κ2) is 4.99. The molecule has 3 N–H and O–H groups in total. The molecule has 1 aliphatic heterocycles. The normalized spacial score (nSPS) is 26.6. The van der Waals surface area contributed by atoms with Crippen molar-refractivity contribution >= 4 is 21.8 Å². The van der Waals surface area contributed by atoms with Crippen molar-refractivity contribution in [3.05, 3.63) is 0 Å². The fourth-order valence-corrected chi connectivity index (χ4v) is 4.06. The van der Waals surface area contributed by atoms with Crippen LogP contribution in [0.3, 0.4) is 0 Å². The van der Waals surface area contributed by atoms with Crippen LogP contribution in [0.15, 0.2) is 0 Å². The highest BCUT2D eigenvalue weighted by molar-refractivity contribution is 7.91. The van der Waals surface area contributed by atoms with Crippen LogP contribution in [0.25, 0.3) is 0 Å². The third-order valence-corrected chi connectivity index (χ3v) is 5.61. The van der Waals surface area contributed by atoms with Gasteiger partial charge in [-0.05, 0) is 25.2 Å². The van der Waals surface area contributed by atoms with Crippen molar-refractivity contribution in [2.75, 3.05) is 24.6 Å². The number of hydrogen-bond donors (Lipinski definition) is 3. The second-order valence-electron chi connectivity index (χ2n) is 5.42. The molecule has 0 aromatic heterocycles. The molecule has 2 rings (SSSR count). The number of carboxylic acids is 1. The zero-order valence-electron chi connectivity index (χ0n) is 10.5. The van der Waals surface area contributed by atoms with E-state index in [0.29, 0.717) is 25.8 Å². The summed E-state index contributed by atoms with van der Waals surface area (Å²) < 4.78 is 22.5. The zero-order chi connectivity index (χ0) is 14.1. The summed E-state index contributed by atoms with van der Waals surface area (Å²) in [7, 11) is -2.93. The van der Waals surface area contributed by atoms with Crippen LogP contribution < -0.4 is 10.6 Å². The predicted molar refractivity (Wildman–Crippen MR) is 67.5 cm³/mol. The lowest BCUT2D eigenvalue weighted by Gasteiger charge is -2.13. The monoisotopic (exact) mass is 290 g/mol. The van der Waals surface area contributed by atoms with E-state index in [-0.39, 0.29) is 24.0 Å². The molecule has 2 aliphatic rings. The van der Waals surface area contributed by atoms with Crippen molar-refractivity contribution in [3.8, 4) is 0 Å². The van der Waals surface area contributed by atoms with Crippen LogP contribution in [0.4, 0.5) is 4.79 Å². The van der Waals surface area contributed by atoms with Crippen molar-refractivity contribution in [2.24, 2.45) is 11.3 Å². The van der Waals surface area contributed by atoms with Gasteiger partial charge in [0.2, 0.25) is 0 Å². The molecule has 1 atom stereocenters. The minimum atomic E-state index is -2.93. The van der Waals surface area contributed by atoms with Crippen LogP contribution >= 0.6 is 0 Å². The van der Waals surface area contributed by atoms with Gasteiger partial charge in [0.15, 0.2) is 9.84 Å². The Labute approximate surface area is 111 Å². The average Bonchev–Trinajstić information content (AvgIpc) is 3.04. The Balaban J connectivity index is 1.67. The number of sulfone groups is 1. The van der Waals surface area contributed by atoms with Gasteiger partial charge in [-0.2, -0.15) is 0 Å². The van der Waals surface area contributed by atoms with Gasteiger partial charge in [-0.25, -0.2) is 13.2 Å². The Morgan fingerprint density at radius 3 is 2.42 bits per heavy atom. The van der Waals surface area contributed by atoms with E-state index in [4.69, 9.17) is 5.11 Å². The summed E-state index contributed by atoms with van der Waals surface area (Å²) in [6.45, 7) is 0.433. The Bertz CT molecular complexity index is 483. The Hall–Kier alpha value is -1.31. The third-order valence-electron chi connectivity index (χ3n) is 3.77. The largest absolute Gasteiger partial charge is 0.481 e. The first kappa shape index (κ1) is 14.1. The van der Waals surface area contributed by atoms with Gasteiger partial charge in [0, 0.05) is 13.1 Å². The Morgan fingerprint density at radius 1 is 1.26 bits per heavy atom. The van der Waals surface area contributed by atoms with Crippen LogP contribution in [0.1, 0.15) is 19.3 Å². The van der Waals surface area contributed by atoms with Gasteiger partial charge in [0.1, 0.15) is 0 Å². The van der Waals surface area contributed by atoms with Crippen molar-refractivity contribution in [2.45, 2.75) is 19.3 Å². The second-order valence-corrected chi connectivity index (χ2v) is 7.65. The number of carbonyl (C=O) groups is 2. The van der Waals surface area contributed by atoms with E-state index in [1.165, 1.54) is 0 Å². The molecule has 1 saturated carbocycles. The maximum Gasteiger partial charge on any atom is 0.314 e. The SMILES string of the molecule is O=C(NCC1CCS(=O)(=O)C1)NCC1(C(=O)O)CC1.